The fourth-order valence-electron chi connectivity index (χ4n) is 4.46. The van der Waals surface area contributed by atoms with Crippen molar-refractivity contribution in [1.29, 1.82) is 0 Å². The van der Waals surface area contributed by atoms with Gasteiger partial charge in [0.05, 0.1) is 49.4 Å². The van der Waals surface area contributed by atoms with Gasteiger partial charge in [0.1, 0.15) is 0 Å². The van der Waals surface area contributed by atoms with Crippen molar-refractivity contribution in [3.63, 3.8) is 0 Å². The third-order valence-electron chi connectivity index (χ3n) is 6.59. The molecule has 2 amide bonds. The molecule has 1 aliphatic rings. The molecule has 0 aromatic heterocycles. The number of esters is 1. The van der Waals surface area contributed by atoms with Crippen LogP contribution in [0.1, 0.15) is 21.5 Å². The van der Waals surface area contributed by atoms with E-state index in [2.05, 4.69) is 10.6 Å². The number of anilines is 3. The van der Waals surface area contributed by atoms with Gasteiger partial charge in [0.2, 0.25) is 5.91 Å². The molecule has 10 nitrogen and oxygen atoms in total. The van der Waals surface area contributed by atoms with Crippen molar-refractivity contribution in [2.24, 2.45) is 0 Å². The highest BCUT2D eigenvalue weighted by Crippen LogP contribution is 2.38. The fraction of sp³-hybridized carbons (Fsp3) is 0.233. The van der Waals surface area contributed by atoms with Gasteiger partial charge in [0.15, 0.2) is 0 Å². The average Bonchev–Trinajstić information content (AvgIpc) is 3.30. The number of nitrogens with zero attached hydrogens (tertiary/aromatic N) is 2. The summed E-state index contributed by atoms with van der Waals surface area (Å²) >= 11 is 0. The van der Waals surface area contributed by atoms with Gasteiger partial charge in [-0.1, -0.05) is 36.4 Å². The highest BCUT2D eigenvalue weighted by atomic mass is 16.5. The molecule has 0 radical (unpaired) electrons. The predicted octanol–water partition coefficient (Wildman–Crippen LogP) is 2.66. The zero-order chi connectivity index (χ0) is 28.6. The van der Waals surface area contributed by atoms with Gasteiger partial charge < -0.3 is 30.5 Å². The van der Waals surface area contributed by atoms with Crippen LogP contribution in [0.5, 0.6) is 0 Å². The molecule has 4 N–H and O–H groups in total. The summed E-state index contributed by atoms with van der Waals surface area (Å²) in [6, 6.07) is 21.6. The van der Waals surface area contributed by atoms with Gasteiger partial charge in [-0.3, -0.25) is 14.5 Å². The van der Waals surface area contributed by atoms with Gasteiger partial charge in [0, 0.05) is 37.1 Å². The van der Waals surface area contributed by atoms with Crippen molar-refractivity contribution >= 4 is 46.1 Å². The number of aliphatic hydroxyl groups excluding tert-OH is 2. The molecule has 3 aromatic rings. The number of methoxy groups -OCH3 is 1. The molecule has 0 unspecified atom stereocenters. The minimum Gasteiger partial charge on any atom is -0.465 e. The number of benzene rings is 3. The Balaban J connectivity index is 1.62. The van der Waals surface area contributed by atoms with E-state index < -0.39 is 5.97 Å². The first-order valence-corrected chi connectivity index (χ1v) is 12.8. The smallest absolute Gasteiger partial charge is 0.337 e. The number of likely N-dealkylation sites (N-methyl/N-ethyl adjacent to an activating group) is 1. The summed E-state index contributed by atoms with van der Waals surface area (Å²) in [4.78, 5) is 41.2. The van der Waals surface area contributed by atoms with Crippen LogP contribution in [0.3, 0.4) is 0 Å². The Morgan fingerprint density at radius 3 is 2.23 bits per heavy atom. The molecule has 0 atom stereocenters. The van der Waals surface area contributed by atoms with Crippen LogP contribution in [0.25, 0.3) is 11.3 Å². The number of nitrogens with one attached hydrogen (secondary N) is 2. The Kier molecular flexibility index (Phi) is 9.28. The van der Waals surface area contributed by atoms with Crippen LogP contribution in [0.15, 0.2) is 72.8 Å². The zero-order valence-corrected chi connectivity index (χ0v) is 22.4. The van der Waals surface area contributed by atoms with Gasteiger partial charge in [-0.05, 0) is 42.0 Å². The first kappa shape index (κ1) is 28.5. The fourth-order valence-corrected chi connectivity index (χ4v) is 4.46. The van der Waals surface area contributed by atoms with Crippen molar-refractivity contribution in [2.45, 2.75) is 0 Å². The second-order valence-electron chi connectivity index (χ2n) is 9.17. The average molecular weight is 545 g/mol. The lowest BCUT2D eigenvalue weighted by Crippen LogP contribution is -2.40. The van der Waals surface area contributed by atoms with Crippen LogP contribution in [-0.2, 0) is 14.3 Å². The SMILES string of the molecule is COC(=O)c1ccc2c(c1)NC(=O)C2=C(Nc1ccc(N(C)C(=O)CN(CCO)CCO)cc1)c1ccccc1. The molecule has 10 heteroatoms. The van der Waals surface area contributed by atoms with Gasteiger partial charge in [-0.15, -0.1) is 0 Å². The highest BCUT2D eigenvalue weighted by molar-refractivity contribution is 6.37. The number of carbonyl (C=O) groups is 3. The standard InChI is InChI=1S/C30H32N4O6/c1-33(26(37)19-34(14-16-35)15-17-36)23-11-9-22(10-12-23)31-28(20-6-4-3-5-7-20)27-24-13-8-21(30(39)40-2)18-25(24)32-29(27)38/h3-13,18,31,35-36H,14-17,19H2,1-2H3,(H,32,38). The number of rotatable bonds is 11. The lowest BCUT2D eigenvalue weighted by atomic mass is 9.99. The zero-order valence-electron chi connectivity index (χ0n) is 22.4. The minimum absolute atomic E-state index is 0.0636. The van der Waals surface area contributed by atoms with Crippen LogP contribution < -0.4 is 15.5 Å². The molecule has 0 bridgehead atoms. The van der Waals surface area contributed by atoms with Crippen LogP contribution in [0.4, 0.5) is 17.1 Å². The number of hydrogen-bond donors (Lipinski definition) is 4. The number of aliphatic hydroxyl groups is 2. The Hall–Kier alpha value is -4.51. The highest BCUT2D eigenvalue weighted by Gasteiger charge is 2.29. The molecule has 3 aromatic carbocycles. The Morgan fingerprint density at radius 2 is 1.60 bits per heavy atom. The second-order valence-corrected chi connectivity index (χ2v) is 9.17. The molecule has 1 heterocycles. The van der Waals surface area contributed by atoms with E-state index in [4.69, 9.17) is 4.74 Å². The lowest BCUT2D eigenvalue weighted by molar-refractivity contribution is -0.119. The maximum Gasteiger partial charge on any atom is 0.337 e. The number of carbonyl (C=O) groups excluding carboxylic acids is 3. The second kappa shape index (κ2) is 13.0. The third kappa shape index (κ3) is 6.37. The van der Waals surface area contributed by atoms with Crippen molar-refractivity contribution in [3.05, 3.63) is 89.5 Å². The summed E-state index contributed by atoms with van der Waals surface area (Å²) < 4.78 is 4.80. The molecule has 40 heavy (non-hydrogen) atoms. The van der Waals surface area contributed by atoms with E-state index in [1.807, 2.05) is 42.5 Å². The normalized spacial score (nSPS) is 13.5. The molecule has 1 aliphatic heterocycles. The van der Waals surface area contributed by atoms with Gasteiger partial charge >= 0.3 is 5.97 Å². The summed E-state index contributed by atoms with van der Waals surface area (Å²) in [5.41, 5.74) is 4.68. The van der Waals surface area contributed by atoms with Gasteiger partial charge in [-0.25, -0.2) is 4.79 Å². The molecule has 0 fully saturated rings. The molecular formula is C30H32N4O6. The van der Waals surface area contributed by atoms with Crippen molar-refractivity contribution in [3.8, 4) is 0 Å². The number of amides is 2. The predicted molar refractivity (Wildman–Crippen MR) is 154 cm³/mol. The van der Waals surface area contributed by atoms with Crippen LogP contribution in [0, 0.1) is 0 Å². The summed E-state index contributed by atoms with van der Waals surface area (Å²) in [5.74, 6) is -0.977. The quantitative estimate of drug-likeness (QED) is 0.214. The van der Waals surface area contributed by atoms with Gasteiger partial charge in [0.25, 0.3) is 5.91 Å². The molecule has 0 saturated carbocycles. The Morgan fingerprint density at radius 1 is 0.925 bits per heavy atom. The van der Waals surface area contributed by atoms with Crippen LogP contribution >= 0.6 is 0 Å². The van der Waals surface area contributed by atoms with E-state index in [0.29, 0.717) is 52.5 Å². The Labute approximate surface area is 232 Å². The third-order valence-corrected chi connectivity index (χ3v) is 6.59. The summed E-state index contributed by atoms with van der Waals surface area (Å²) in [7, 11) is 2.97. The molecule has 0 aliphatic carbocycles. The van der Waals surface area contributed by atoms with Gasteiger partial charge in [-0.2, -0.15) is 0 Å². The first-order chi connectivity index (χ1) is 19.4. The number of hydrogen-bond acceptors (Lipinski definition) is 8. The topological polar surface area (TPSA) is 131 Å². The maximum absolute atomic E-state index is 13.2. The monoisotopic (exact) mass is 544 g/mol. The lowest BCUT2D eigenvalue weighted by Gasteiger charge is -2.24. The number of ether oxygens (including phenoxy) is 1. The molecule has 0 saturated heterocycles. The van der Waals surface area contributed by atoms with Crippen molar-refractivity contribution in [1.82, 2.24) is 4.90 Å². The van der Waals surface area contributed by atoms with E-state index in [1.54, 1.807) is 42.3 Å². The molecule has 0 spiro atoms. The maximum atomic E-state index is 13.2. The largest absolute Gasteiger partial charge is 0.465 e. The van der Waals surface area contributed by atoms with E-state index in [1.165, 1.54) is 12.0 Å². The first-order valence-electron chi connectivity index (χ1n) is 12.8. The summed E-state index contributed by atoms with van der Waals surface area (Å²) in [6.45, 7) is 0.437. The van der Waals surface area contributed by atoms with E-state index in [-0.39, 0.29) is 31.6 Å². The molecule has 4 rings (SSSR count). The minimum atomic E-state index is -0.492. The van der Waals surface area contributed by atoms with Crippen LogP contribution in [-0.4, -0.2) is 79.9 Å². The van der Waals surface area contributed by atoms with E-state index in [9.17, 15) is 24.6 Å². The number of fused-ring (bicyclic) bond motifs is 1. The Bertz CT molecular complexity index is 1400. The summed E-state index contributed by atoms with van der Waals surface area (Å²) in [5, 5.41) is 24.6. The van der Waals surface area contributed by atoms with E-state index >= 15 is 0 Å². The van der Waals surface area contributed by atoms with Crippen LogP contribution in [0.2, 0.25) is 0 Å². The molecule has 208 valence electrons. The van der Waals surface area contributed by atoms with Crippen molar-refractivity contribution < 1.29 is 29.3 Å². The molecular weight excluding hydrogens is 512 g/mol. The van der Waals surface area contributed by atoms with Crippen molar-refractivity contribution in [2.75, 3.05) is 62.5 Å². The summed E-state index contributed by atoms with van der Waals surface area (Å²) in [6.07, 6.45) is 0. The van der Waals surface area contributed by atoms with E-state index in [0.717, 1.165) is 5.56 Å².